The average molecular weight is 189 g/mol. The van der Waals surface area contributed by atoms with Crippen molar-refractivity contribution in [2.24, 2.45) is 28.9 Å². The Balaban J connectivity index is 2.18. The molecule has 2 bridgehead atoms. The molecule has 76 valence electrons. The summed E-state index contributed by atoms with van der Waals surface area (Å²) in [6.45, 7) is 4.21. The number of rotatable bonds is 1. The van der Waals surface area contributed by atoms with Crippen LogP contribution in [0.3, 0.4) is 0 Å². The van der Waals surface area contributed by atoms with E-state index in [-0.39, 0.29) is 17.4 Å². The predicted octanol–water partition coefficient (Wildman–Crippen LogP) is 2.26. The molecule has 0 unspecified atom stereocenters. The lowest BCUT2D eigenvalue weighted by molar-refractivity contribution is -0.154. The summed E-state index contributed by atoms with van der Waals surface area (Å²) in [5.74, 6) is 0.184. The zero-order chi connectivity index (χ0) is 9.80. The first kappa shape index (κ1) is 9.38. The zero-order valence-electron chi connectivity index (χ0n) is 8.13. The van der Waals surface area contributed by atoms with Gasteiger partial charge in [0.2, 0.25) is 6.43 Å². The maximum atomic E-state index is 12.7. The van der Waals surface area contributed by atoms with Gasteiger partial charge in [-0.25, -0.2) is 8.78 Å². The fourth-order valence-electron chi connectivity index (χ4n) is 3.26. The van der Waals surface area contributed by atoms with Crippen molar-refractivity contribution in [1.29, 1.82) is 0 Å². The van der Waals surface area contributed by atoms with Crippen molar-refractivity contribution in [1.82, 2.24) is 0 Å². The molecule has 0 amide bonds. The Morgan fingerprint density at radius 3 is 2.31 bits per heavy atom. The number of fused-ring (bicyclic) bond motifs is 2. The van der Waals surface area contributed by atoms with E-state index in [0.29, 0.717) is 5.92 Å². The van der Waals surface area contributed by atoms with Gasteiger partial charge in [0.25, 0.3) is 0 Å². The van der Waals surface area contributed by atoms with Crippen LogP contribution in [-0.4, -0.2) is 12.5 Å². The van der Waals surface area contributed by atoms with Gasteiger partial charge in [-0.05, 0) is 30.1 Å². The summed E-state index contributed by atoms with van der Waals surface area (Å²) < 4.78 is 25.4. The van der Waals surface area contributed by atoms with E-state index in [9.17, 15) is 8.78 Å². The lowest BCUT2D eigenvalue weighted by Crippen LogP contribution is -2.61. The zero-order valence-corrected chi connectivity index (χ0v) is 8.13. The Labute approximate surface area is 77.7 Å². The molecule has 3 fully saturated rings. The minimum Gasteiger partial charge on any atom is -0.327 e. The van der Waals surface area contributed by atoms with E-state index < -0.39 is 12.3 Å². The second kappa shape index (κ2) is 2.66. The molecule has 3 aliphatic carbocycles. The summed E-state index contributed by atoms with van der Waals surface area (Å²) in [5.41, 5.74) is 5.85. The summed E-state index contributed by atoms with van der Waals surface area (Å²) in [7, 11) is 0. The molecule has 3 saturated carbocycles. The third-order valence-electron chi connectivity index (χ3n) is 4.35. The molecule has 0 aliphatic heterocycles. The number of hydrogen-bond donors (Lipinski definition) is 1. The number of hydrogen-bond acceptors (Lipinski definition) is 1. The Hall–Kier alpha value is -0.180. The van der Waals surface area contributed by atoms with Crippen LogP contribution < -0.4 is 5.73 Å². The first-order valence-electron chi connectivity index (χ1n) is 4.98. The molecule has 3 rings (SSSR count). The Morgan fingerprint density at radius 1 is 1.31 bits per heavy atom. The van der Waals surface area contributed by atoms with Crippen LogP contribution >= 0.6 is 0 Å². The first-order valence-corrected chi connectivity index (χ1v) is 4.98. The smallest absolute Gasteiger partial charge is 0.243 e. The van der Waals surface area contributed by atoms with E-state index in [1.807, 2.05) is 0 Å². The molecule has 13 heavy (non-hydrogen) atoms. The molecule has 1 nitrogen and oxygen atoms in total. The second-order valence-electron chi connectivity index (χ2n) is 5.17. The standard InChI is InChI=1S/C10H17F2N/c1-10(2)5-3-6(10)8(9(11)12)7(13)4-5/h5-9H,3-4,13H2,1-2H3/t5-,6+,7-,8-/m1/s1. The quantitative estimate of drug-likeness (QED) is 0.672. The molecule has 4 atom stereocenters. The molecular formula is C10H17F2N. The SMILES string of the molecule is CC1(C)[C@H]2C[C@@H](N)[C@H](C(F)F)[C@@H]1C2. The van der Waals surface area contributed by atoms with Crippen molar-refractivity contribution in [3.8, 4) is 0 Å². The van der Waals surface area contributed by atoms with E-state index in [0.717, 1.165) is 12.8 Å². The van der Waals surface area contributed by atoms with Gasteiger partial charge in [0.05, 0.1) is 0 Å². The monoisotopic (exact) mass is 189 g/mol. The highest BCUT2D eigenvalue weighted by Gasteiger charge is 2.59. The van der Waals surface area contributed by atoms with Gasteiger partial charge in [0.1, 0.15) is 0 Å². The lowest BCUT2D eigenvalue weighted by atomic mass is 9.44. The van der Waals surface area contributed by atoms with Crippen molar-refractivity contribution in [2.75, 3.05) is 0 Å². The van der Waals surface area contributed by atoms with E-state index >= 15 is 0 Å². The van der Waals surface area contributed by atoms with Gasteiger partial charge in [-0.1, -0.05) is 13.8 Å². The number of nitrogens with two attached hydrogens (primary N) is 1. The fourth-order valence-corrected chi connectivity index (χ4v) is 3.26. The van der Waals surface area contributed by atoms with Crippen molar-refractivity contribution in [2.45, 2.75) is 39.2 Å². The highest BCUT2D eigenvalue weighted by Crippen LogP contribution is 2.61. The van der Waals surface area contributed by atoms with Gasteiger partial charge in [-0.15, -0.1) is 0 Å². The van der Waals surface area contributed by atoms with Crippen molar-refractivity contribution in [3.05, 3.63) is 0 Å². The Kier molecular flexibility index (Phi) is 1.92. The lowest BCUT2D eigenvalue weighted by Gasteiger charge is -2.61. The van der Waals surface area contributed by atoms with Crippen LogP contribution in [0.1, 0.15) is 26.7 Å². The molecular weight excluding hydrogens is 172 g/mol. The van der Waals surface area contributed by atoms with Gasteiger partial charge < -0.3 is 5.73 Å². The predicted molar refractivity (Wildman–Crippen MR) is 47.5 cm³/mol. The number of halogens is 2. The van der Waals surface area contributed by atoms with E-state index in [2.05, 4.69) is 13.8 Å². The molecule has 0 spiro atoms. The molecule has 0 heterocycles. The minimum absolute atomic E-state index is 0.108. The maximum Gasteiger partial charge on any atom is 0.243 e. The highest BCUT2D eigenvalue weighted by atomic mass is 19.3. The van der Waals surface area contributed by atoms with Crippen molar-refractivity contribution < 1.29 is 8.78 Å². The van der Waals surface area contributed by atoms with Crippen LogP contribution in [0.5, 0.6) is 0 Å². The van der Waals surface area contributed by atoms with Gasteiger partial charge in [-0.3, -0.25) is 0 Å². The Bertz CT molecular complexity index is 215. The van der Waals surface area contributed by atoms with Gasteiger partial charge in [0.15, 0.2) is 0 Å². The molecule has 0 aromatic heterocycles. The summed E-state index contributed by atoms with van der Waals surface area (Å²) >= 11 is 0. The third kappa shape index (κ3) is 1.13. The first-order chi connectivity index (χ1) is 5.94. The summed E-state index contributed by atoms with van der Waals surface area (Å²) in [6.07, 6.45) is -0.477. The van der Waals surface area contributed by atoms with E-state index in [1.165, 1.54) is 0 Å². The van der Waals surface area contributed by atoms with Crippen LogP contribution in [0.2, 0.25) is 0 Å². The average Bonchev–Trinajstić information content (AvgIpc) is 2.03. The topological polar surface area (TPSA) is 26.0 Å². The third-order valence-corrected chi connectivity index (χ3v) is 4.35. The van der Waals surface area contributed by atoms with E-state index in [1.54, 1.807) is 0 Å². The molecule has 2 N–H and O–H groups in total. The summed E-state index contributed by atoms with van der Waals surface area (Å²) in [6, 6.07) is -0.267. The van der Waals surface area contributed by atoms with Gasteiger partial charge in [-0.2, -0.15) is 0 Å². The maximum absolute atomic E-state index is 12.7. The van der Waals surface area contributed by atoms with Gasteiger partial charge in [0, 0.05) is 12.0 Å². The highest BCUT2D eigenvalue weighted by molar-refractivity contribution is 5.07. The normalized spacial score (nSPS) is 47.5. The molecule has 0 aromatic rings. The molecule has 3 aliphatic rings. The van der Waals surface area contributed by atoms with Gasteiger partial charge >= 0.3 is 0 Å². The fraction of sp³-hybridized carbons (Fsp3) is 1.00. The minimum atomic E-state index is -2.24. The Morgan fingerprint density at radius 2 is 1.92 bits per heavy atom. The van der Waals surface area contributed by atoms with E-state index in [4.69, 9.17) is 5.73 Å². The molecule has 3 heteroatoms. The van der Waals surface area contributed by atoms with Crippen LogP contribution in [0, 0.1) is 23.2 Å². The van der Waals surface area contributed by atoms with Crippen LogP contribution in [0.15, 0.2) is 0 Å². The summed E-state index contributed by atoms with van der Waals surface area (Å²) in [5, 5.41) is 0. The van der Waals surface area contributed by atoms with Crippen LogP contribution in [0.25, 0.3) is 0 Å². The van der Waals surface area contributed by atoms with Crippen LogP contribution in [-0.2, 0) is 0 Å². The summed E-state index contributed by atoms with van der Waals surface area (Å²) in [4.78, 5) is 0. The largest absolute Gasteiger partial charge is 0.327 e. The van der Waals surface area contributed by atoms with Crippen molar-refractivity contribution in [3.63, 3.8) is 0 Å². The second-order valence-corrected chi connectivity index (χ2v) is 5.17. The molecule has 0 radical (unpaired) electrons. The molecule has 0 saturated heterocycles. The van der Waals surface area contributed by atoms with Crippen molar-refractivity contribution >= 4 is 0 Å². The van der Waals surface area contributed by atoms with Crippen LogP contribution in [0.4, 0.5) is 8.78 Å². The number of alkyl halides is 2. The molecule has 0 aromatic carbocycles.